The number of likely N-dealkylation sites (tertiary alicyclic amines) is 2. The van der Waals surface area contributed by atoms with Crippen LogP contribution in [0.15, 0.2) is 6.33 Å². The molecule has 3 heterocycles. The number of likely N-dealkylation sites (N-methyl/N-ethyl adjacent to an activating group) is 1. The molecule has 2 aliphatic heterocycles. The van der Waals surface area contributed by atoms with Crippen molar-refractivity contribution in [1.29, 1.82) is 0 Å². The normalized spacial score (nSPS) is 30.4. The van der Waals surface area contributed by atoms with Crippen LogP contribution in [0.5, 0.6) is 0 Å². The van der Waals surface area contributed by atoms with Gasteiger partial charge in [-0.05, 0) is 20.4 Å². The van der Waals surface area contributed by atoms with E-state index in [-0.39, 0.29) is 0 Å². The first-order valence-corrected chi connectivity index (χ1v) is 6.06. The van der Waals surface area contributed by atoms with E-state index in [4.69, 9.17) is 0 Å². The van der Waals surface area contributed by atoms with E-state index in [2.05, 4.69) is 40.4 Å². The number of piperazine rings is 1. The maximum absolute atomic E-state index is 4.49. The Labute approximate surface area is 96.9 Å². The van der Waals surface area contributed by atoms with Crippen molar-refractivity contribution in [2.24, 2.45) is 7.05 Å². The molecule has 2 unspecified atom stereocenters. The highest BCUT2D eigenvalue weighted by molar-refractivity contribution is 5.13. The zero-order chi connectivity index (χ0) is 11.3. The van der Waals surface area contributed by atoms with Gasteiger partial charge in [0, 0.05) is 44.5 Å². The molecular weight excluding hydrogens is 200 g/mol. The van der Waals surface area contributed by atoms with E-state index in [0.29, 0.717) is 0 Å². The number of piperidine rings is 1. The van der Waals surface area contributed by atoms with Gasteiger partial charge in [0.1, 0.15) is 0 Å². The van der Waals surface area contributed by atoms with E-state index in [9.17, 15) is 0 Å². The highest BCUT2D eigenvalue weighted by Gasteiger charge is 2.43. The average molecular weight is 220 g/mol. The van der Waals surface area contributed by atoms with Crippen molar-refractivity contribution in [3.05, 3.63) is 17.7 Å². The van der Waals surface area contributed by atoms with Crippen molar-refractivity contribution >= 4 is 0 Å². The molecule has 0 spiro atoms. The predicted molar refractivity (Wildman–Crippen MR) is 63.2 cm³/mol. The van der Waals surface area contributed by atoms with E-state index < -0.39 is 0 Å². The maximum Gasteiger partial charge on any atom is 0.0949 e. The third kappa shape index (κ3) is 1.48. The molecule has 2 aliphatic rings. The number of nitrogens with zero attached hydrogens (tertiary/aromatic N) is 4. The van der Waals surface area contributed by atoms with Crippen LogP contribution in [0.4, 0.5) is 0 Å². The van der Waals surface area contributed by atoms with E-state index in [1.165, 1.54) is 30.9 Å². The minimum Gasteiger partial charge on any atom is -0.338 e. The molecule has 0 saturated carbocycles. The van der Waals surface area contributed by atoms with E-state index in [1.54, 1.807) is 0 Å². The Kier molecular flexibility index (Phi) is 2.30. The van der Waals surface area contributed by atoms with Crippen molar-refractivity contribution in [3.63, 3.8) is 0 Å². The number of imidazole rings is 1. The highest BCUT2D eigenvalue weighted by atomic mass is 15.3. The molecule has 1 aromatic heterocycles. The molecule has 0 N–H and O–H groups in total. The second-order valence-electron chi connectivity index (χ2n) is 5.32. The Morgan fingerprint density at radius 1 is 1.31 bits per heavy atom. The van der Waals surface area contributed by atoms with E-state index in [0.717, 1.165) is 18.6 Å². The van der Waals surface area contributed by atoms with Crippen LogP contribution in [0.2, 0.25) is 0 Å². The Bertz CT molecular complexity index is 386. The van der Waals surface area contributed by atoms with Crippen molar-refractivity contribution in [1.82, 2.24) is 19.4 Å². The van der Waals surface area contributed by atoms with Gasteiger partial charge in [-0.2, -0.15) is 0 Å². The summed E-state index contributed by atoms with van der Waals surface area (Å²) in [6.07, 6.45) is 3.31. The summed E-state index contributed by atoms with van der Waals surface area (Å²) in [5.41, 5.74) is 2.56. The van der Waals surface area contributed by atoms with Crippen LogP contribution in [-0.4, -0.2) is 51.6 Å². The Morgan fingerprint density at radius 2 is 2.00 bits per heavy atom. The van der Waals surface area contributed by atoms with Crippen LogP contribution in [-0.2, 0) is 13.6 Å². The lowest BCUT2D eigenvalue weighted by molar-refractivity contribution is -0.0675. The van der Waals surface area contributed by atoms with Gasteiger partial charge >= 0.3 is 0 Å². The fourth-order valence-corrected chi connectivity index (χ4v) is 3.02. The summed E-state index contributed by atoms with van der Waals surface area (Å²) >= 11 is 0. The molecule has 4 heteroatoms. The lowest BCUT2D eigenvalue weighted by Gasteiger charge is -2.55. The van der Waals surface area contributed by atoms with Crippen molar-refractivity contribution in [2.45, 2.75) is 32.0 Å². The summed E-state index contributed by atoms with van der Waals surface area (Å²) in [5.74, 6) is 0. The van der Waals surface area contributed by atoms with Crippen LogP contribution >= 0.6 is 0 Å². The average Bonchev–Trinajstić information content (AvgIpc) is 2.56. The van der Waals surface area contributed by atoms with Gasteiger partial charge in [0.15, 0.2) is 0 Å². The first-order chi connectivity index (χ1) is 7.65. The molecule has 2 atom stereocenters. The SMILES string of the molecule is Cc1c(CN2C3CC2CN(C)C3)ncn1C. The van der Waals surface area contributed by atoms with Crippen LogP contribution in [0.25, 0.3) is 0 Å². The van der Waals surface area contributed by atoms with Gasteiger partial charge < -0.3 is 9.47 Å². The third-order valence-electron chi connectivity index (χ3n) is 4.19. The molecule has 4 nitrogen and oxygen atoms in total. The van der Waals surface area contributed by atoms with Crippen molar-refractivity contribution in [2.75, 3.05) is 20.1 Å². The second kappa shape index (κ2) is 3.57. The van der Waals surface area contributed by atoms with Crippen LogP contribution < -0.4 is 0 Å². The summed E-state index contributed by atoms with van der Waals surface area (Å²) < 4.78 is 2.11. The Balaban J connectivity index is 1.71. The van der Waals surface area contributed by atoms with Crippen LogP contribution in [0, 0.1) is 6.92 Å². The fourth-order valence-electron chi connectivity index (χ4n) is 3.02. The van der Waals surface area contributed by atoms with Crippen LogP contribution in [0.1, 0.15) is 17.8 Å². The summed E-state index contributed by atoms with van der Waals surface area (Å²) in [7, 11) is 4.29. The first kappa shape index (κ1) is 10.3. The van der Waals surface area contributed by atoms with Crippen LogP contribution in [0.3, 0.4) is 0 Å². The Hall–Kier alpha value is -0.870. The lowest BCUT2D eigenvalue weighted by Crippen LogP contribution is -2.67. The molecule has 16 heavy (non-hydrogen) atoms. The molecule has 3 rings (SSSR count). The summed E-state index contributed by atoms with van der Waals surface area (Å²) in [6, 6.07) is 1.54. The van der Waals surface area contributed by atoms with Gasteiger partial charge in [0.2, 0.25) is 0 Å². The third-order valence-corrected chi connectivity index (χ3v) is 4.19. The number of hydrogen-bond acceptors (Lipinski definition) is 3. The lowest BCUT2D eigenvalue weighted by atomic mass is 9.87. The summed E-state index contributed by atoms with van der Waals surface area (Å²) in [5, 5.41) is 0. The topological polar surface area (TPSA) is 24.3 Å². The van der Waals surface area contributed by atoms with Crippen molar-refractivity contribution < 1.29 is 0 Å². The summed E-state index contributed by atoms with van der Waals surface area (Å²) in [6.45, 7) is 5.64. The molecule has 2 fully saturated rings. The quantitative estimate of drug-likeness (QED) is 0.730. The first-order valence-electron chi connectivity index (χ1n) is 6.06. The molecular formula is C12H20N4. The summed E-state index contributed by atoms with van der Waals surface area (Å²) in [4.78, 5) is 9.56. The second-order valence-corrected chi connectivity index (χ2v) is 5.32. The largest absolute Gasteiger partial charge is 0.338 e. The number of rotatable bonds is 2. The number of aromatic nitrogens is 2. The maximum atomic E-state index is 4.49. The molecule has 2 bridgehead atoms. The molecule has 88 valence electrons. The molecule has 0 amide bonds. The zero-order valence-corrected chi connectivity index (χ0v) is 10.3. The van der Waals surface area contributed by atoms with E-state index in [1.807, 2.05) is 6.33 Å². The van der Waals surface area contributed by atoms with Gasteiger partial charge in [-0.3, -0.25) is 4.90 Å². The number of hydrogen-bond donors (Lipinski definition) is 0. The van der Waals surface area contributed by atoms with Gasteiger partial charge in [-0.1, -0.05) is 0 Å². The van der Waals surface area contributed by atoms with Gasteiger partial charge in [-0.15, -0.1) is 0 Å². The minimum absolute atomic E-state index is 0.769. The Morgan fingerprint density at radius 3 is 2.56 bits per heavy atom. The van der Waals surface area contributed by atoms with Gasteiger partial charge in [0.05, 0.1) is 12.0 Å². The smallest absolute Gasteiger partial charge is 0.0949 e. The molecule has 1 aromatic rings. The molecule has 2 saturated heterocycles. The predicted octanol–water partition coefficient (Wildman–Crippen LogP) is 0.617. The van der Waals surface area contributed by atoms with E-state index >= 15 is 0 Å². The minimum atomic E-state index is 0.769. The van der Waals surface area contributed by atoms with Gasteiger partial charge in [-0.25, -0.2) is 4.98 Å². The standard InChI is InChI=1S/C12H20N4/c1-9-12(13-8-15(9)3)7-16-10-4-11(16)6-14(2)5-10/h8,10-11H,4-7H2,1-3H3. The number of aryl methyl sites for hydroxylation is 1. The fraction of sp³-hybridized carbons (Fsp3) is 0.750. The molecule has 0 aliphatic carbocycles. The molecule has 0 radical (unpaired) electrons. The highest BCUT2D eigenvalue weighted by Crippen LogP contribution is 2.33. The zero-order valence-electron chi connectivity index (χ0n) is 10.3. The molecule has 0 aromatic carbocycles. The van der Waals surface area contributed by atoms with Gasteiger partial charge in [0.25, 0.3) is 0 Å². The van der Waals surface area contributed by atoms with Crippen molar-refractivity contribution in [3.8, 4) is 0 Å². The number of fused-ring (bicyclic) bond motifs is 2. The monoisotopic (exact) mass is 220 g/mol.